The summed E-state index contributed by atoms with van der Waals surface area (Å²) < 4.78 is 35.8. The number of nitrogens with two attached hydrogens (primary N) is 1. The predicted octanol–water partition coefficient (Wildman–Crippen LogP) is -5.64. The van der Waals surface area contributed by atoms with Gasteiger partial charge in [-0.3, -0.25) is 14.3 Å². The number of phosphoric acid groups is 2. The smallest absolute Gasteiger partial charge is 1.00 e. The molecule has 166 valence electrons. The number of H-pyrrole nitrogens is 1. The van der Waals surface area contributed by atoms with Crippen LogP contribution < -0.4 is 50.7 Å². The van der Waals surface area contributed by atoms with E-state index in [2.05, 4.69) is 18.8 Å². The van der Waals surface area contributed by atoms with E-state index in [-0.39, 0.29) is 55.1 Å². The fourth-order valence-corrected chi connectivity index (χ4v) is 4.63. The normalized spacial score (nSPS) is 28.2. The summed E-state index contributed by atoms with van der Waals surface area (Å²) in [5.74, 6) is -0.0954. The van der Waals surface area contributed by atoms with Crippen molar-refractivity contribution in [2.24, 2.45) is 0 Å². The van der Waals surface area contributed by atoms with Crippen LogP contribution in [0.25, 0.3) is 0 Å². The molecule has 0 spiro atoms. The van der Waals surface area contributed by atoms with Gasteiger partial charge in [0.2, 0.25) is 5.95 Å². The molecule has 0 saturated carbocycles. The number of anilines is 3. The number of hydrogen-bond donors (Lipinski definition) is 7. The second-order valence-corrected chi connectivity index (χ2v) is 9.15. The molecule has 2 aliphatic rings. The van der Waals surface area contributed by atoms with Crippen LogP contribution in [-0.4, -0.2) is 79.7 Å². The molecule has 0 aromatic carbocycles. The van der Waals surface area contributed by atoms with Gasteiger partial charge in [0.1, 0.15) is 24.0 Å². The number of aromatic amines is 1. The van der Waals surface area contributed by atoms with Crippen molar-refractivity contribution >= 4 is 33.1 Å². The fraction of sp³-hybridized carbons (Fsp3) is 0.636. The van der Waals surface area contributed by atoms with Crippen LogP contribution in [0.1, 0.15) is 1.43 Å². The van der Waals surface area contributed by atoms with Crippen molar-refractivity contribution in [2.75, 3.05) is 35.9 Å². The minimum Gasteiger partial charge on any atom is -1.00 e. The van der Waals surface area contributed by atoms with E-state index in [0.29, 0.717) is 0 Å². The van der Waals surface area contributed by atoms with Crippen LogP contribution in [-0.2, 0) is 22.7 Å². The van der Waals surface area contributed by atoms with Gasteiger partial charge < -0.3 is 46.6 Å². The molecule has 0 bridgehead atoms. The topological polar surface area (TPSA) is 241 Å². The first-order chi connectivity index (χ1) is 13.3. The number of phosphoric ester groups is 1. The van der Waals surface area contributed by atoms with Crippen LogP contribution in [0.15, 0.2) is 4.79 Å². The van der Waals surface area contributed by atoms with E-state index in [9.17, 15) is 29.0 Å². The van der Waals surface area contributed by atoms with Crippen molar-refractivity contribution in [2.45, 2.75) is 24.5 Å². The second kappa shape index (κ2) is 9.11. The summed E-state index contributed by atoms with van der Waals surface area (Å²) >= 11 is 0. The SMILES string of the molecule is CN1CN([C@@H]2O[C@H](COP(=O)(O)OP(=O)(O)O)[C@@H](O)[C@H]2O)c2nc(N)[nH]c(=O)c21.[H-].[Na+]. The van der Waals surface area contributed by atoms with Gasteiger partial charge in [-0.05, 0) is 0 Å². The molecule has 19 heteroatoms. The molecule has 8 N–H and O–H groups in total. The average molecular weight is 483 g/mol. The van der Waals surface area contributed by atoms with E-state index < -0.39 is 52.4 Å². The van der Waals surface area contributed by atoms with Gasteiger partial charge in [0.25, 0.3) is 5.56 Å². The van der Waals surface area contributed by atoms with E-state index in [1.807, 2.05) is 0 Å². The van der Waals surface area contributed by atoms with Crippen molar-refractivity contribution in [3.63, 3.8) is 0 Å². The molecule has 1 unspecified atom stereocenters. The number of nitrogens with zero attached hydrogens (tertiary/aromatic N) is 3. The molecule has 1 aromatic rings. The van der Waals surface area contributed by atoms with Gasteiger partial charge in [-0.2, -0.15) is 9.29 Å². The number of aromatic nitrogens is 2. The predicted molar refractivity (Wildman–Crippen MR) is 95.7 cm³/mol. The maximum Gasteiger partial charge on any atom is 1.00 e. The van der Waals surface area contributed by atoms with E-state index >= 15 is 0 Å². The molecule has 3 heterocycles. The molecule has 0 amide bonds. The summed E-state index contributed by atoms with van der Waals surface area (Å²) in [5.41, 5.74) is 5.18. The Balaban J connectivity index is 0.00000240. The zero-order valence-electron chi connectivity index (χ0n) is 16.7. The summed E-state index contributed by atoms with van der Waals surface area (Å²) in [5, 5.41) is 20.5. The molecular formula is C11H20N5NaO11P2. The number of ether oxygens (including phenoxy) is 1. The second-order valence-electron chi connectivity index (χ2n) is 6.32. The van der Waals surface area contributed by atoms with Gasteiger partial charge in [0.15, 0.2) is 12.0 Å². The molecule has 30 heavy (non-hydrogen) atoms. The van der Waals surface area contributed by atoms with Gasteiger partial charge in [0.05, 0.1) is 13.3 Å². The average Bonchev–Trinajstić information content (AvgIpc) is 3.01. The van der Waals surface area contributed by atoms with Gasteiger partial charge in [-0.25, -0.2) is 9.13 Å². The Bertz CT molecular complexity index is 949. The maximum absolute atomic E-state index is 12.1. The van der Waals surface area contributed by atoms with Crippen molar-refractivity contribution in [3.8, 4) is 0 Å². The molecule has 16 nitrogen and oxygen atoms in total. The van der Waals surface area contributed by atoms with Gasteiger partial charge in [-0.15, -0.1) is 0 Å². The molecule has 0 radical (unpaired) electrons. The number of aliphatic hydroxyl groups excluding tert-OH is 2. The van der Waals surface area contributed by atoms with Crippen molar-refractivity contribution < 1.29 is 78.6 Å². The summed E-state index contributed by atoms with van der Waals surface area (Å²) in [6.45, 7) is -0.805. The minimum atomic E-state index is -5.32. The zero-order chi connectivity index (χ0) is 21.7. The molecule has 1 aromatic heterocycles. The van der Waals surface area contributed by atoms with E-state index in [4.69, 9.17) is 20.3 Å². The van der Waals surface area contributed by atoms with Crippen LogP contribution in [0.2, 0.25) is 0 Å². The number of fused-ring (bicyclic) bond motifs is 1. The first-order valence-corrected chi connectivity index (χ1v) is 10.9. The Kier molecular flexibility index (Phi) is 7.80. The van der Waals surface area contributed by atoms with Crippen LogP contribution in [0.3, 0.4) is 0 Å². The quantitative estimate of drug-likeness (QED) is 0.147. The molecule has 5 atom stereocenters. The Morgan fingerprint density at radius 3 is 2.57 bits per heavy atom. The van der Waals surface area contributed by atoms with Crippen molar-refractivity contribution in [3.05, 3.63) is 10.4 Å². The van der Waals surface area contributed by atoms with E-state index in [1.165, 1.54) is 9.80 Å². The van der Waals surface area contributed by atoms with Gasteiger partial charge in [0, 0.05) is 7.05 Å². The first-order valence-electron chi connectivity index (χ1n) is 7.92. The summed E-state index contributed by atoms with van der Waals surface area (Å²) in [6.07, 6.45) is -5.77. The number of aliphatic hydroxyl groups is 2. The third-order valence-corrected chi connectivity index (χ3v) is 6.32. The summed E-state index contributed by atoms with van der Waals surface area (Å²) in [4.78, 5) is 47.8. The van der Waals surface area contributed by atoms with E-state index in [0.717, 1.165) is 0 Å². The molecule has 3 rings (SSSR count). The number of nitrogen functional groups attached to an aromatic ring is 1. The molecule has 1 fully saturated rings. The van der Waals surface area contributed by atoms with Crippen LogP contribution in [0, 0.1) is 0 Å². The zero-order valence-corrected chi connectivity index (χ0v) is 19.5. The number of nitrogens with one attached hydrogen (secondary N) is 1. The number of rotatable bonds is 6. The van der Waals surface area contributed by atoms with Gasteiger partial charge >= 0.3 is 45.2 Å². The molecular weight excluding hydrogens is 463 g/mol. The van der Waals surface area contributed by atoms with Gasteiger partial charge in [-0.1, -0.05) is 0 Å². The van der Waals surface area contributed by atoms with Crippen LogP contribution in [0.4, 0.5) is 17.5 Å². The Labute approximate surface area is 192 Å². The Hall–Kier alpha value is -0.580. The fourth-order valence-electron chi connectivity index (χ4n) is 3.03. The Morgan fingerprint density at radius 1 is 1.33 bits per heavy atom. The van der Waals surface area contributed by atoms with Crippen molar-refractivity contribution in [1.29, 1.82) is 0 Å². The molecule has 1 saturated heterocycles. The third-order valence-electron chi connectivity index (χ3n) is 4.17. The van der Waals surface area contributed by atoms with Crippen LogP contribution >= 0.6 is 15.6 Å². The molecule has 2 aliphatic heterocycles. The third kappa shape index (κ3) is 5.42. The maximum atomic E-state index is 12.1. The van der Waals surface area contributed by atoms with E-state index in [1.54, 1.807) is 7.05 Å². The summed E-state index contributed by atoms with van der Waals surface area (Å²) in [7, 11) is -8.91. The summed E-state index contributed by atoms with van der Waals surface area (Å²) in [6, 6.07) is 0. The minimum absolute atomic E-state index is 0. The van der Waals surface area contributed by atoms with Crippen molar-refractivity contribution in [1.82, 2.24) is 9.97 Å². The largest absolute Gasteiger partial charge is 1.00 e. The molecule has 0 aliphatic carbocycles. The Morgan fingerprint density at radius 2 is 1.97 bits per heavy atom. The standard InChI is InChI=1S/C11H19N5O11P2.Na.H/c1-15-3-16(8-5(15)9(19)14-11(12)13-8)10-7(18)6(17)4(26-10)2-25-29(23,24)27-28(20,21)22;;/h4,6-7,10,17-18H,2-3H2,1H3,(H,23,24)(H2,20,21,22)(H3,12,13,14,19);;/q;+1;-1/t4-,6-,7-,10-;;/m1../s1. The monoisotopic (exact) mass is 483 g/mol. The van der Waals surface area contributed by atoms with Crippen LogP contribution in [0.5, 0.6) is 0 Å². The first kappa shape index (κ1) is 25.7. The number of hydrogen-bond acceptors (Lipinski definition) is 12.